The van der Waals surface area contributed by atoms with Crippen molar-refractivity contribution in [3.05, 3.63) is 28.8 Å². The van der Waals surface area contributed by atoms with Crippen LogP contribution in [0.3, 0.4) is 0 Å². The molecular weight excluding hydrogens is 238 g/mol. The maximum Gasteiger partial charge on any atom is 0.157 e. The van der Waals surface area contributed by atoms with E-state index < -0.39 is 5.54 Å². The minimum atomic E-state index is -0.941. The molecule has 0 bridgehead atoms. The lowest BCUT2D eigenvalue weighted by molar-refractivity contribution is -0.126. The van der Waals surface area contributed by atoms with Gasteiger partial charge in [0.25, 0.3) is 0 Å². The predicted molar refractivity (Wildman–Crippen MR) is 67.3 cm³/mol. The number of hydrogen-bond acceptors (Lipinski definition) is 3. The molecule has 1 aromatic rings. The van der Waals surface area contributed by atoms with Crippen LogP contribution in [-0.2, 0) is 10.3 Å². The molecule has 92 valence electrons. The van der Waals surface area contributed by atoms with Gasteiger partial charge < -0.3 is 10.5 Å². The minimum Gasteiger partial charge on any atom is -0.497 e. The third kappa shape index (κ3) is 2.17. The lowest BCUT2D eigenvalue weighted by atomic mass is 9.76. The number of Topliss-reactive ketones (excluding diaryl/α,β-unsaturated/α-hetero) is 1. The molecular formula is C13H16ClNO2. The first-order valence-electron chi connectivity index (χ1n) is 5.74. The molecule has 3 nitrogen and oxygen atoms in total. The number of nitrogens with two attached hydrogens (primary N) is 1. The Morgan fingerprint density at radius 1 is 1.41 bits per heavy atom. The third-order valence-corrected chi connectivity index (χ3v) is 3.71. The van der Waals surface area contributed by atoms with Gasteiger partial charge in [0, 0.05) is 17.0 Å². The summed E-state index contributed by atoms with van der Waals surface area (Å²) >= 11 is 6.15. The Morgan fingerprint density at radius 2 is 2.18 bits per heavy atom. The zero-order valence-corrected chi connectivity index (χ0v) is 10.6. The van der Waals surface area contributed by atoms with Crippen LogP contribution in [-0.4, -0.2) is 12.9 Å². The summed E-state index contributed by atoms with van der Waals surface area (Å²) in [7, 11) is 1.58. The number of carbonyl (C=O) groups is 1. The number of hydrogen-bond donors (Lipinski definition) is 1. The summed E-state index contributed by atoms with van der Waals surface area (Å²) in [6, 6.07) is 5.26. The highest BCUT2D eigenvalue weighted by atomic mass is 35.5. The number of rotatable bonds is 2. The summed E-state index contributed by atoms with van der Waals surface area (Å²) in [4.78, 5) is 12.0. The highest BCUT2D eigenvalue weighted by Crippen LogP contribution is 2.37. The van der Waals surface area contributed by atoms with E-state index in [2.05, 4.69) is 0 Å². The Kier molecular flexibility index (Phi) is 3.40. The highest BCUT2D eigenvalue weighted by Gasteiger charge is 2.39. The first kappa shape index (κ1) is 12.4. The molecule has 1 atom stereocenters. The van der Waals surface area contributed by atoms with Crippen LogP contribution >= 0.6 is 11.6 Å². The van der Waals surface area contributed by atoms with Crippen LogP contribution in [0.2, 0.25) is 5.02 Å². The summed E-state index contributed by atoms with van der Waals surface area (Å²) in [6.45, 7) is 0. The Hall–Kier alpha value is -1.06. The van der Waals surface area contributed by atoms with Crippen LogP contribution in [0.4, 0.5) is 0 Å². The molecule has 1 aromatic carbocycles. The van der Waals surface area contributed by atoms with Crippen molar-refractivity contribution in [1.82, 2.24) is 0 Å². The number of halogens is 1. The molecule has 2 rings (SSSR count). The Morgan fingerprint density at radius 3 is 2.82 bits per heavy atom. The highest BCUT2D eigenvalue weighted by molar-refractivity contribution is 6.31. The van der Waals surface area contributed by atoms with Gasteiger partial charge in [-0.25, -0.2) is 0 Å². The second-order valence-electron chi connectivity index (χ2n) is 4.45. The van der Waals surface area contributed by atoms with Gasteiger partial charge in [0.2, 0.25) is 0 Å². The van der Waals surface area contributed by atoms with Gasteiger partial charge in [0.1, 0.15) is 11.3 Å². The van der Waals surface area contributed by atoms with E-state index in [0.29, 0.717) is 29.2 Å². The van der Waals surface area contributed by atoms with Gasteiger partial charge in [-0.1, -0.05) is 18.0 Å². The SMILES string of the molecule is COc1ccc(Cl)c(C2(N)CCCCC2=O)c1. The summed E-state index contributed by atoms with van der Waals surface area (Å²) in [5.41, 5.74) is 6.00. The lowest BCUT2D eigenvalue weighted by Crippen LogP contribution is -2.47. The van der Waals surface area contributed by atoms with E-state index in [4.69, 9.17) is 22.1 Å². The number of ether oxygens (including phenoxy) is 1. The quantitative estimate of drug-likeness (QED) is 0.882. The topological polar surface area (TPSA) is 52.3 Å². The van der Waals surface area contributed by atoms with Crippen LogP contribution in [0.25, 0.3) is 0 Å². The second kappa shape index (κ2) is 4.67. The number of methoxy groups -OCH3 is 1. The fraction of sp³-hybridized carbons (Fsp3) is 0.462. The molecule has 1 aliphatic rings. The molecule has 1 saturated carbocycles. The van der Waals surface area contributed by atoms with Gasteiger partial charge in [-0.15, -0.1) is 0 Å². The number of ketones is 1. The fourth-order valence-corrected chi connectivity index (χ4v) is 2.60. The molecule has 0 radical (unpaired) electrons. The van der Waals surface area contributed by atoms with E-state index in [9.17, 15) is 4.79 Å². The molecule has 0 aliphatic heterocycles. The number of carbonyl (C=O) groups excluding carboxylic acids is 1. The van der Waals surface area contributed by atoms with Gasteiger partial charge in [-0.2, -0.15) is 0 Å². The lowest BCUT2D eigenvalue weighted by Gasteiger charge is -2.33. The molecule has 2 N–H and O–H groups in total. The van der Waals surface area contributed by atoms with Gasteiger partial charge in [-0.05, 0) is 31.0 Å². The van der Waals surface area contributed by atoms with Crippen LogP contribution < -0.4 is 10.5 Å². The molecule has 17 heavy (non-hydrogen) atoms. The summed E-state index contributed by atoms with van der Waals surface area (Å²) in [5.74, 6) is 0.742. The van der Waals surface area contributed by atoms with Crippen molar-refractivity contribution in [3.8, 4) is 5.75 Å². The fourth-order valence-electron chi connectivity index (χ4n) is 2.31. The standard InChI is InChI=1S/C13H16ClNO2/c1-17-9-5-6-11(14)10(8-9)13(15)7-3-2-4-12(13)16/h5-6,8H,2-4,7,15H2,1H3. The largest absolute Gasteiger partial charge is 0.497 e. The van der Waals surface area contributed by atoms with Gasteiger partial charge in [0.15, 0.2) is 5.78 Å². The smallest absolute Gasteiger partial charge is 0.157 e. The third-order valence-electron chi connectivity index (χ3n) is 3.38. The molecule has 0 aromatic heterocycles. The second-order valence-corrected chi connectivity index (χ2v) is 4.85. The van der Waals surface area contributed by atoms with E-state index in [1.165, 1.54) is 0 Å². The molecule has 0 spiro atoms. The summed E-state index contributed by atoms with van der Waals surface area (Å²) in [5, 5.41) is 0.531. The predicted octanol–water partition coefficient (Wildman–Crippen LogP) is 2.65. The molecule has 0 amide bonds. The monoisotopic (exact) mass is 253 g/mol. The van der Waals surface area contributed by atoms with E-state index >= 15 is 0 Å². The normalized spacial score (nSPS) is 24.8. The molecule has 1 fully saturated rings. The van der Waals surface area contributed by atoms with Crippen molar-refractivity contribution < 1.29 is 9.53 Å². The van der Waals surface area contributed by atoms with Crippen LogP contribution in [0.1, 0.15) is 31.2 Å². The average molecular weight is 254 g/mol. The first-order valence-corrected chi connectivity index (χ1v) is 6.12. The summed E-state index contributed by atoms with van der Waals surface area (Å²) < 4.78 is 5.16. The van der Waals surface area contributed by atoms with E-state index in [1.807, 2.05) is 0 Å². The molecule has 0 saturated heterocycles. The van der Waals surface area contributed by atoms with Gasteiger partial charge in [0.05, 0.1) is 7.11 Å². The summed E-state index contributed by atoms with van der Waals surface area (Å²) in [6.07, 6.45) is 3.05. The average Bonchev–Trinajstić information content (AvgIpc) is 2.33. The van der Waals surface area contributed by atoms with Crippen molar-refractivity contribution in [2.45, 2.75) is 31.2 Å². The van der Waals surface area contributed by atoms with Crippen molar-refractivity contribution in [1.29, 1.82) is 0 Å². The molecule has 4 heteroatoms. The van der Waals surface area contributed by atoms with Crippen molar-refractivity contribution in [3.63, 3.8) is 0 Å². The zero-order valence-electron chi connectivity index (χ0n) is 9.83. The van der Waals surface area contributed by atoms with Crippen LogP contribution in [0.5, 0.6) is 5.75 Å². The maximum atomic E-state index is 12.0. The van der Waals surface area contributed by atoms with E-state index in [0.717, 1.165) is 12.8 Å². The van der Waals surface area contributed by atoms with Gasteiger partial charge >= 0.3 is 0 Å². The maximum absolute atomic E-state index is 12.0. The van der Waals surface area contributed by atoms with Crippen LogP contribution in [0.15, 0.2) is 18.2 Å². The Labute approximate surface area is 106 Å². The van der Waals surface area contributed by atoms with Crippen molar-refractivity contribution >= 4 is 17.4 Å². The molecule has 1 aliphatic carbocycles. The number of benzene rings is 1. The van der Waals surface area contributed by atoms with E-state index in [1.54, 1.807) is 25.3 Å². The minimum absolute atomic E-state index is 0.0684. The first-order chi connectivity index (χ1) is 8.08. The molecule has 1 unspecified atom stereocenters. The zero-order chi connectivity index (χ0) is 12.5. The molecule has 0 heterocycles. The van der Waals surface area contributed by atoms with Crippen molar-refractivity contribution in [2.24, 2.45) is 5.73 Å². The van der Waals surface area contributed by atoms with Gasteiger partial charge in [-0.3, -0.25) is 4.79 Å². The Balaban J connectivity index is 2.47. The van der Waals surface area contributed by atoms with Crippen molar-refractivity contribution in [2.75, 3.05) is 7.11 Å². The van der Waals surface area contributed by atoms with E-state index in [-0.39, 0.29) is 5.78 Å². The Bertz CT molecular complexity index is 447. The van der Waals surface area contributed by atoms with Crippen LogP contribution in [0, 0.1) is 0 Å².